The summed E-state index contributed by atoms with van der Waals surface area (Å²) in [7, 11) is 0. The van der Waals surface area contributed by atoms with Gasteiger partial charge >= 0.3 is 5.97 Å². The van der Waals surface area contributed by atoms with Crippen LogP contribution in [0.25, 0.3) is 0 Å². The summed E-state index contributed by atoms with van der Waals surface area (Å²) in [5.41, 5.74) is 0. The average molecular weight is 230 g/mol. The third-order valence-corrected chi connectivity index (χ3v) is 2.05. The van der Waals surface area contributed by atoms with Crippen LogP contribution in [0.2, 0.25) is 0 Å². The summed E-state index contributed by atoms with van der Waals surface area (Å²) < 4.78 is 9.82. The van der Waals surface area contributed by atoms with E-state index in [4.69, 9.17) is 4.74 Å². The molecule has 0 amide bonds. The standard InChI is InChI=1S/C12H22O4/c1-3-5-6-7-8-15-10-11(13)9-12(14)16-4-2/h3-10H2,1-2H3. The van der Waals surface area contributed by atoms with Crippen molar-refractivity contribution in [3.8, 4) is 0 Å². The Bertz CT molecular complexity index is 201. The maximum absolute atomic E-state index is 11.2. The fourth-order valence-electron chi connectivity index (χ4n) is 1.24. The van der Waals surface area contributed by atoms with E-state index >= 15 is 0 Å². The van der Waals surface area contributed by atoms with Gasteiger partial charge in [-0.3, -0.25) is 9.59 Å². The quantitative estimate of drug-likeness (QED) is 0.327. The molecule has 94 valence electrons. The Balaban J connectivity index is 3.33. The number of Topliss-reactive ketones (excluding diaryl/α,β-unsaturated/α-hetero) is 1. The fourth-order valence-corrected chi connectivity index (χ4v) is 1.24. The van der Waals surface area contributed by atoms with Gasteiger partial charge in [-0.1, -0.05) is 26.2 Å². The number of ketones is 1. The molecule has 0 saturated carbocycles. The summed E-state index contributed by atoms with van der Waals surface area (Å²) >= 11 is 0. The van der Waals surface area contributed by atoms with Gasteiger partial charge in [0.2, 0.25) is 0 Å². The molecule has 0 heterocycles. The maximum atomic E-state index is 11.2. The van der Waals surface area contributed by atoms with Crippen LogP contribution in [0, 0.1) is 0 Å². The Kier molecular flexibility index (Phi) is 10.0. The van der Waals surface area contributed by atoms with Crippen LogP contribution in [0.15, 0.2) is 0 Å². The van der Waals surface area contributed by atoms with Crippen LogP contribution in [-0.2, 0) is 19.1 Å². The van der Waals surface area contributed by atoms with Gasteiger partial charge in [0.25, 0.3) is 0 Å². The van der Waals surface area contributed by atoms with Crippen LogP contribution in [-0.4, -0.2) is 31.6 Å². The number of unbranched alkanes of at least 4 members (excludes halogenated alkanes) is 3. The smallest absolute Gasteiger partial charge is 0.313 e. The molecule has 0 N–H and O–H groups in total. The minimum atomic E-state index is -0.470. The molecular weight excluding hydrogens is 208 g/mol. The van der Waals surface area contributed by atoms with Crippen LogP contribution in [0.5, 0.6) is 0 Å². The molecule has 0 aromatic rings. The zero-order chi connectivity index (χ0) is 12.2. The van der Waals surface area contributed by atoms with Crippen LogP contribution < -0.4 is 0 Å². The lowest BCUT2D eigenvalue weighted by molar-refractivity contribution is -0.146. The molecule has 0 fully saturated rings. The Morgan fingerprint density at radius 1 is 1.06 bits per heavy atom. The first-order valence-electron chi connectivity index (χ1n) is 5.95. The van der Waals surface area contributed by atoms with E-state index in [2.05, 4.69) is 11.7 Å². The normalized spacial score (nSPS) is 10.1. The molecule has 16 heavy (non-hydrogen) atoms. The lowest BCUT2D eigenvalue weighted by atomic mass is 10.2. The number of rotatable bonds is 10. The van der Waals surface area contributed by atoms with E-state index in [-0.39, 0.29) is 18.8 Å². The van der Waals surface area contributed by atoms with Crippen molar-refractivity contribution in [2.45, 2.75) is 46.0 Å². The molecule has 4 heteroatoms. The molecule has 0 aliphatic heterocycles. The summed E-state index contributed by atoms with van der Waals surface area (Å²) in [6.07, 6.45) is 4.30. The van der Waals surface area contributed by atoms with Crippen molar-refractivity contribution in [2.24, 2.45) is 0 Å². The van der Waals surface area contributed by atoms with Crippen molar-refractivity contribution >= 4 is 11.8 Å². The van der Waals surface area contributed by atoms with Gasteiger partial charge in [0.1, 0.15) is 13.0 Å². The van der Waals surface area contributed by atoms with E-state index < -0.39 is 5.97 Å². The maximum Gasteiger partial charge on any atom is 0.313 e. The van der Waals surface area contributed by atoms with E-state index in [1.54, 1.807) is 6.92 Å². The van der Waals surface area contributed by atoms with Gasteiger partial charge in [-0.25, -0.2) is 0 Å². The molecule has 0 aliphatic rings. The minimum Gasteiger partial charge on any atom is -0.466 e. The Labute approximate surface area is 97.3 Å². The van der Waals surface area contributed by atoms with Crippen molar-refractivity contribution in [3.63, 3.8) is 0 Å². The molecule has 0 unspecified atom stereocenters. The molecule has 0 spiro atoms. The SMILES string of the molecule is CCCCCCOCC(=O)CC(=O)OCC. The first-order valence-corrected chi connectivity index (χ1v) is 5.95. The highest BCUT2D eigenvalue weighted by Crippen LogP contribution is 1.99. The number of hydrogen-bond donors (Lipinski definition) is 0. The lowest BCUT2D eigenvalue weighted by Crippen LogP contribution is -2.16. The van der Waals surface area contributed by atoms with Crippen molar-refractivity contribution in [1.82, 2.24) is 0 Å². The van der Waals surface area contributed by atoms with Gasteiger partial charge in [0.05, 0.1) is 6.61 Å². The molecule has 0 atom stereocenters. The number of ether oxygens (including phenoxy) is 2. The van der Waals surface area contributed by atoms with Gasteiger partial charge in [-0.05, 0) is 13.3 Å². The lowest BCUT2D eigenvalue weighted by Gasteiger charge is -2.03. The Hall–Kier alpha value is -0.900. The van der Waals surface area contributed by atoms with E-state index in [1.807, 2.05) is 0 Å². The predicted octanol–water partition coefficient (Wildman–Crippen LogP) is 2.11. The third kappa shape index (κ3) is 9.65. The number of esters is 1. The summed E-state index contributed by atoms with van der Waals surface area (Å²) in [4.78, 5) is 22.1. The van der Waals surface area contributed by atoms with E-state index in [0.717, 1.165) is 12.8 Å². The first kappa shape index (κ1) is 15.1. The summed E-state index contributed by atoms with van der Waals surface area (Å²) in [6.45, 7) is 4.78. The molecule has 0 bridgehead atoms. The van der Waals surface area contributed by atoms with Crippen molar-refractivity contribution in [2.75, 3.05) is 19.8 Å². The Morgan fingerprint density at radius 2 is 1.81 bits per heavy atom. The van der Waals surface area contributed by atoms with Crippen LogP contribution >= 0.6 is 0 Å². The van der Waals surface area contributed by atoms with Gasteiger partial charge < -0.3 is 9.47 Å². The number of carbonyl (C=O) groups is 2. The largest absolute Gasteiger partial charge is 0.466 e. The first-order chi connectivity index (χ1) is 7.70. The monoisotopic (exact) mass is 230 g/mol. The molecule has 0 radical (unpaired) electrons. The highest BCUT2D eigenvalue weighted by Gasteiger charge is 2.09. The van der Waals surface area contributed by atoms with Crippen LogP contribution in [0.4, 0.5) is 0 Å². The van der Waals surface area contributed by atoms with Crippen LogP contribution in [0.1, 0.15) is 46.0 Å². The Morgan fingerprint density at radius 3 is 2.44 bits per heavy atom. The van der Waals surface area contributed by atoms with E-state index in [1.165, 1.54) is 12.8 Å². The number of carbonyl (C=O) groups excluding carboxylic acids is 2. The molecule has 0 aromatic heterocycles. The molecule has 0 aliphatic carbocycles. The van der Waals surface area contributed by atoms with Gasteiger partial charge in [0.15, 0.2) is 5.78 Å². The summed E-state index contributed by atoms with van der Waals surface area (Å²) in [5, 5.41) is 0. The second-order valence-corrected chi connectivity index (χ2v) is 3.63. The summed E-state index contributed by atoms with van der Waals surface area (Å²) in [6, 6.07) is 0. The summed E-state index contributed by atoms with van der Waals surface area (Å²) in [5.74, 6) is -0.684. The highest BCUT2D eigenvalue weighted by molar-refractivity contribution is 5.96. The third-order valence-electron chi connectivity index (χ3n) is 2.05. The molecular formula is C12H22O4. The van der Waals surface area contributed by atoms with Crippen molar-refractivity contribution in [1.29, 1.82) is 0 Å². The highest BCUT2D eigenvalue weighted by atomic mass is 16.5. The topological polar surface area (TPSA) is 52.6 Å². The molecule has 4 nitrogen and oxygen atoms in total. The van der Waals surface area contributed by atoms with Gasteiger partial charge in [0, 0.05) is 6.61 Å². The zero-order valence-electron chi connectivity index (χ0n) is 10.3. The van der Waals surface area contributed by atoms with E-state index in [0.29, 0.717) is 13.2 Å². The zero-order valence-corrected chi connectivity index (χ0v) is 10.3. The molecule has 0 aromatic carbocycles. The van der Waals surface area contributed by atoms with Crippen LogP contribution in [0.3, 0.4) is 0 Å². The fraction of sp³-hybridized carbons (Fsp3) is 0.833. The van der Waals surface area contributed by atoms with Crippen molar-refractivity contribution in [3.05, 3.63) is 0 Å². The second-order valence-electron chi connectivity index (χ2n) is 3.63. The van der Waals surface area contributed by atoms with Gasteiger partial charge in [-0.2, -0.15) is 0 Å². The second kappa shape index (κ2) is 10.6. The number of hydrogen-bond acceptors (Lipinski definition) is 4. The van der Waals surface area contributed by atoms with E-state index in [9.17, 15) is 9.59 Å². The molecule has 0 saturated heterocycles. The molecule has 0 rings (SSSR count). The predicted molar refractivity (Wildman–Crippen MR) is 61.2 cm³/mol. The van der Waals surface area contributed by atoms with Gasteiger partial charge in [-0.15, -0.1) is 0 Å². The minimum absolute atomic E-state index is 0.0188. The van der Waals surface area contributed by atoms with Crippen molar-refractivity contribution < 1.29 is 19.1 Å². The average Bonchev–Trinajstić information content (AvgIpc) is 2.23.